The summed E-state index contributed by atoms with van der Waals surface area (Å²) in [6.45, 7) is 4.49. The monoisotopic (exact) mass is 314 g/mol. The number of halogens is 1. The third kappa shape index (κ3) is 7.20. The molecule has 0 saturated heterocycles. The fourth-order valence-electron chi connectivity index (χ4n) is 1.64. The van der Waals surface area contributed by atoms with Gasteiger partial charge in [0.1, 0.15) is 11.9 Å². The van der Waals surface area contributed by atoms with Crippen LogP contribution in [0.1, 0.15) is 20.3 Å². The van der Waals surface area contributed by atoms with Gasteiger partial charge in [-0.1, -0.05) is 11.6 Å². The Hall–Kier alpha value is -1.46. The fraction of sp³-hybridized carbons (Fsp3) is 0.533. The average molecular weight is 315 g/mol. The Morgan fingerprint density at radius 2 is 2.00 bits per heavy atom. The summed E-state index contributed by atoms with van der Waals surface area (Å²) in [4.78, 5) is 13.4. The van der Waals surface area contributed by atoms with Gasteiger partial charge in [0.25, 0.3) is 0 Å². The minimum absolute atomic E-state index is 0.153. The maximum absolute atomic E-state index is 11.8. The number of hydrogen-bond donors (Lipinski definition) is 2. The molecule has 2 atom stereocenters. The van der Waals surface area contributed by atoms with Crippen LogP contribution in [0.15, 0.2) is 24.3 Å². The number of ether oxygens (including phenoxy) is 1. The molecular weight excluding hydrogens is 292 g/mol. The molecule has 1 rings (SSSR count). The van der Waals surface area contributed by atoms with E-state index in [4.69, 9.17) is 16.3 Å². The van der Waals surface area contributed by atoms with Crippen LogP contribution in [0, 0.1) is 0 Å². The molecule has 0 aromatic heterocycles. The van der Waals surface area contributed by atoms with Crippen molar-refractivity contribution in [3.8, 4) is 5.75 Å². The van der Waals surface area contributed by atoms with Crippen molar-refractivity contribution < 1.29 is 14.6 Å². The zero-order valence-electron chi connectivity index (χ0n) is 12.7. The second kappa shape index (κ2) is 8.74. The SMILES string of the molecule is CC(O)CCN(C)C(=O)NCC(C)Oc1ccc(Cl)cc1. The molecule has 0 heterocycles. The molecule has 0 spiro atoms. The van der Waals surface area contributed by atoms with Gasteiger partial charge in [-0.2, -0.15) is 0 Å². The van der Waals surface area contributed by atoms with E-state index >= 15 is 0 Å². The molecule has 0 aliphatic carbocycles. The number of rotatable bonds is 7. The minimum atomic E-state index is -0.410. The van der Waals surface area contributed by atoms with Crippen molar-refractivity contribution in [3.05, 3.63) is 29.3 Å². The van der Waals surface area contributed by atoms with Gasteiger partial charge in [-0.3, -0.25) is 0 Å². The van der Waals surface area contributed by atoms with Gasteiger partial charge >= 0.3 is 6.03 Å². The second-order valence-corrected chi connectivity index (χ2v) is 5.56. The molecule has 0 aliphatic heterocycles. The summed E-state index contributed by atoms with van der Waals surface area (Å²) in [5.74, 6) is 0.712. The van der Waals surface area contributed by atoms with E-state index in [1.165, 1.54) is 0 Å². The lowest BCUT2D eigenvalue weighted by Gasteiger charge is -2.21. The molecule has 6 heteroatoms. The van der Waals surface area contributed by atoms with Gasteiger partial charge in [0, 0.05) is 18.6 Å². The highest BCUT2D eigenvalue weighted by Gasteiger charge is 2.11. The Bertz CT molecular complexity index is 437. The lowest BCUT2D eigenvalue weighted by Crippen LogP contribution is -2.42. The Kier molecular flexibility index (Phi) is 7.32. The van der Waals surface area contributed by atoms with Crippen LogP contribution in [0.2, 0.25) is 5.02 Å². The number of aliphatic hydroxyl groups excluding tert-OH is 1. The van der Waals surface area contributed by atoms with Crippen LogP contribution in [0.4, 0.5) is 4.79 Å². The van der Waals surface area contributed by atoms with Crippen molar-refractivity contribution in [1.29, 1.82) is 0 Å². The van der Waals surface area contributed by atoms with Gasteiger partial charge < -0.3 is 20.1 Å². The number of hydrogen-bond acceptors (Lipinski definition) is 3. The van der Waals surface area contributed by atoms with Crippen LogP contribution in [-0.2, 0) is 0 Å². The summed E-state index contributed by atoms with van der Waals surface area (Å²) >= 11 is 5.80. The third-order valence-electron chi connectivity index (χ3n) is 2.92. The van der Waals surface area contributed by atoms with Crippen LogP contribution in [0.25, 0.3) is 0 Å². The Morgan fingerprint density at radius 1 is 1.38 bits per heavy atom. The number of carbonyl (C=O) groups is 1. The minimum Gasteiger partial charge on any atom is -0.489 e. The Balaban J connectivity index is 2.30. The van der Waals surface area contributed by atoms with Crippen LogP contribution < -0.4 is 10.1 Å². The fourth-order valence-corrected chi connectivity index (χ4v) is 1.76. The number of benzene rings is 1. The summed E-state index contributed by atoms with van der Waals surface area (Å²) < 4.78 is 5.67. The van der Waals surface area contributed by atoms with Crippen molar-refractivity contribution in [2.75, 3.05) is 20.1 Å². The molecule has 1 aromatic rings. The lowest BCUT2D eigenvalue weighted by atomic mass is 10.3. The van der Waals surface area contributed by atoms with E-state index < -0.39 is 6.10 Å². The molecule has 0 radical (unpaired) electrons. The Morgan fingerprint density at radius 3 is 2.57 bits per heavy atom. The smallest absolute Gasteiger partial charge is 0.317 e. The quantitative estimate of drug-likeness (QED) is 0.813. The highest BCUT2D eigenvalue weighted by atomic mass is 35.5. The Labute approximate surface area is 130 Å². The summed E-state index contributed by atoms with van der Waals surface area (Å²) in [5.41, 5.74) is 0. The van der Waals surface area contributed by atoms with Gasteiger partial charge in [-0.25, -0.2) is 4.79 Å². The molecule has 118 valence electrons. The lowest BCUT2D eigenvalue weighted by molar-refractivity contribution is 0.160. The summed E-state index contributed by atoms with van der Waals surface area (Å²) in [6.07, 6.45) is -0.00601. The topological polar surface area (TPSA) is 61.8 Å². The zero-order valence-corrected chi connectivity index (χ0v) is 13.4. The van der Waals surface area contributed by atoms with Crippen molar-refractivity contribution in [2.45, 2.75) is 32.5 Å². The third-order valence-corrected chi connectivity index (χ3v) is 3.17. The maximum Gasteiger partial charge on any atom is 0.317 e. The zero-order chi connectivity index (χ0) is 15.8. The van der Waals surface area contributed by atoms with Crippen molar-refractivity contribution in [2.24, 2.45) is 0 Å². The van der Waals surface area contributed by atoms with E-state index in [-0.39, 0.29) is 12.1 Å². The molecule has 0 fully saturated rings. The van der Waals surface area contributed by atoms with Crippen molar-refractivity contribution in [3.63, 3.8) is 0 Å². The number of amides is 2. The van der Waals surface area contributed by atoms with E-state index in [2.05, 4.69) is 5.32 Å². The molecule has 1 aromatic carbocycles. The predicted molar refractivity (Wildman–Crippen MR) is 83.9 cm³/mol. The van der Waals surface area contributed by atoms with Crippen LogP contribution in [0.3, 0.4) is 0 Å². The van der Waals surface area contributed by atoms with Gasteiger partial charge in [-0.15, -0.1) is 0 Å². The maximum atomic E-state index is 11.8. The molecular formula is C15H23ClN2O3. The molecule has 2 amide bonds. The summed E-state index contributed by atoms with van der Waals surface area (Å²) in [6, 6.07) is 6.91. The van der Waals surface area contributed by atoms with E-state index in [1.807, 2.05) is 6.92 Å². The first kappa shape index (κ1) is 17.6. The van der Waals surface area contributed by atoms with E-state index in [0.29, 0.717) is 30.3 Å². The van der Waals surface area contributed by atoms with E-state index in [1.54, 1.807) is 43.1 Å². The number of urea groups is 1. The predicted octanol–water partition coefficient (Wildman–Crippen LogP) is 2.52. The van der Waals surface area contributed by atoms with Gasteiger partial charge in [0.2, 0.25) is 0 Å². The number of carbonyl (C=O) groups excluding carboxylic acids is 1. The molecule has 0 saturated carbocycles. The van der Waals surface area contributed by atoms with E-state index in [0.717, 1.165) is 0 Å². The first-order valence-corrected chi connectivity index (χ1v) is 7.35. The summed E-state index contributed by atoms with van der Waals surface area (Å²) in [5, 5.41) is 12.6. The average Bonchev–Trinajstić information content (AvgIpc) is 2.44. The molecule has 2 unspecified atom stereocenters. The van der Waals surface area contributed by atoms with Crippen molar-refractivity contribution >= 4 is 17.6 Å². The summed E-state index contributed by atoms with van der Waals surface area (Å²) in [7, 11) is 1.70. The molecule has 5 nitrogen and oxygen atoms in total. The van der Waals surface area contributed by atoms with Gasteiger partial charge in [0.15, 0.2) is 0 Å². The molecule has 0 aliphatic rings. The number of aliphatic hydroxyl groups is 1. The number of nitrogens with one attached hydrogen (secondary N) is 1. The standard InChI is InChI=1S/C15H23ClN2O3/c1-11(19)8-9-18(3)15(20)17-10-12(2)21-14-6-4-13(16)5-7-14/h4-7,11-12,19H,8-10H2,1-3H3,(H,17,20). The highest BCUT2D eigenvalue weighted by Crippen LogP contribution is 2.16. The molecule has 0 bridgehead atoms. The van der Waals surface area contributed by atoms with E-state index in [9.17, 15) is 9.90 Å². The molecule has 21 heavy (non-hydrogen) atoms. The first-order valence-electron chi connectivity index (χ1n) is 6.97. The van der Waals surface area contributed by atoms with Crippen LogP contribution in [0.5, 0.6) is 5.75 Å². The van der Waals surface area contributed by atoms with Gasteiger partial charge in [-0.05, 0) is 44.5 Å². The first-order chi connectivity index (χ1) is 9.88. The normalized spacial score (nSPS) is 13.4. The number of nitrogens with zero attached hydrogens (tertiary/aromatic N) is 1. The highest BCUT2D eigenvalue weighted by molar-refractivity contribution is 6.30. The largest absolute Gasteiger partial charge is 0.489 e. The van der Waals surface area contributed by atoms with Gasteiger partial charge in [0.05, 0.1) is 12.6 Å². The van der Waals surface area contributed by atoms with Crippen LogP contribution >= 0.6 is 11.6 Å². The molecule has 2 N–H and O–H groups in total. The van der Waals surface area contributed by atoms with Crippen LogP contribution in [-0.4, -0.2) is 48.4 Å². The second-order valence-electron chi connectivity index (χ2n) is 5.13. The van der Waals surface area contributed by atoms with Crippen molar-refractivity contribution in [1.82, 2.24) is 10.2 Å².